The highest BCUT2D eigenvalue weighted by molar-refractivity contribution is 7.08. The summed E-state index contributed by atoms with van der Waals surface area (Å²) in [7, 11) is 0. The fourth-order valence-corrected chi connectivity index (χ4v) is 2.37. The highest BCUT2D eigenvalue weighted by atomic mass is 32.1. The average molecular weight is 290 g/mol. The minimum absolute atomic E-state index is 0.0876. The van der Waals surface area contributed by atoms with Crippen molar-refractivity contribution in [3.8, 4) is 11.5 Å². The van der Waals surface area contributed by atoms with Crippen LogP contribution in [0.2, 0.25) is 0 Å². The van der Waals surface area contributed by atoms with Crippen molar-refractivity contribution < 1.29 is 4.52 Å². The fraction of sp³-hybridized carbons (Fsp3) is 0.333. The van der Waals surface area contributed by atoms with Crippen LogP contribution in [0.15, 0.2) is 27.5 Å². The SMILES string of the molecule is CCC(N)c1cn(Cc2noc(-c3ccsc3)n2)nn1. The van der Waals surface area contributed by atoms with Gasteiger partial charge in [0.25, 0.3) is 5.89 Å². The maximum absolute atomic E-state index is 5.90. The highest BCUT2D eigenvalue weighted by Crippen LogP contribution is 2.20. The van der Waals surface area contributed by atoms with E-state index in [-0.39, 0.29) is 6.04 Å². The van der Waals surface area contributed by atoms with Gasteiger partial charge in [-0.2, -0.15) is 16.3 Å². The number of hydrogen-bond donors (Lipinski definition) is 1. The molecule has 20 heavy (non-hydrogen) atoms. The van der Waals surface area contributed by atoms with Gasteiger partial charge in [0, 0.05) is 5.38 Å². The molecule has 0 bridgehead atoms. The minimum Gasteiger partial charge on any atom is -0.334 e. The van der Waals surface area contributed by atoms with Crippen molar-refractivity contribution in [1.82, 2.24) is 25.1 Å². The Balaban J connectivity index is 1.73. The number of nitrogens with zero attached hydrogens (tertiary/aromatic N) is 5. The average Bonchev–Trinajstić information content (AvgIpc) is 3.19. The molecule has 1 unspecified atom stereocenters. The van der Waals surface area contributed by atoms with E-state index in [4.69, 9.17) is 10.3 Å². The maximum atomic E-state index is 5.90. The first-order chi connectivity index (χ1) is 9.76. The highest BCUT2D eigenvalue weighted by Gasteiger charge is 2.12. The van der Waals surface area contributed by atoms with Crippen LogP contribution < -0.4 is 5.73 Å². The summed E-state index contributed by atoms with van der Waals surface area (Å²) in [5.41, 5.74) is 7.61. The molecule has 0 saturated heterocycles. The Hall–Kier alpha value is -2.06. The van der Waals surface area contributed by atoms with Gasteiger partial charge in [0.2, 0.25) is 0 Å². The van der Waals surface area contributed by atoms with E-state index in [1.807, 2.05) is 29.9 Å². The lowest BCUT2D eigenvalue weighted by Gasteiger charge is -2.01. The van der Waals surface area contributed by atoms with Crippen molar-refractivity contribution in [2.24, 2.45) is 5.73 Å². The van der Waals surface area contributed by atoms with Gasteiger partial charge in [-0.25, -0.2) is 4.68 Å². The molecule has 0 aliphatic heterocycles. The van der Waals surface area contributed by atoms with E-state index in [1.54, 1.807) is 16.0 Å². The molecule has 3 aromatic heterocycles. The summed E-state index contributed by atoms with van der Waals surface area (Å²) < 4.78 is 6.88. The van der Waals surface area contributed by atoms with Crippen LogP contribution in [0.4, 0.5) is 0 Å². The molecule has 3 aromatic rings. The van der Waals surface area contributed by atoms with E-state index in [1.165, 1.54) is 0 Å². The molecule has 0 radical (unpaired) electrons. The Kier molecular flexibility index (Phi) is 3.57. The van der Waals surface area contributed by atoms with Gasteiger partial charge < -0.3 is 10.3 Å². The van der Waals surface area contributed by atoms with Gasteiger partial charge in [-0.15, -0.1) is 5.10 Å². The lowest BCUT2D eigenvalue weighted by atomic mass is 10.2. The maximum Gasteiger partial charge on any atom is 0.258 e. The van der Waals surface area contributed by atoms with Crippen molar-refractivity contribution in [2.75, 3.05) is 0 Å². The van der Waals surface area contributed by atoms with Gasteiger partial charge in [0.15, 0.2) is 5.82 Å². The quantitative estimate of drug-likeness (QED) is 0.770. The second kappa shape index (κ2) is 5.51. The zero-order valence-corrected chi connectivity index (χ0v) is 11.7. The van der Waals surface area contributed by atoms with Gasteiger partial charge in [-0.05, 0) is 17.9 Å². The lowest BCUT2D eigenvalue weighted by Crippen LogP contribution is -2.08. The molecule has 0 spiro atoms. The predicted molar refractivity (Wildman–Crippen MR) is 74.0 cm³/mol. The monoisotopic (exact) mass is 290 g/mol. The van der Waals surface area contributed by atoms with E-state index in [0.717, 1.165) is 17.7 Å². The third-order valence-corrected chi connectivity index (χ3v) is 3.60. The normalized spacial score (nSPS) is 12.7. The summed E-state index contributed by atoms with van der Waals surface area (Å²) in [6, 6.07) is 1.85. The van der Waals surface area contributed by atoms with Crippen molar-refractivity contribution >= 4 is 11.3 Å². The van der Waals surface area contributed by atoms with E-state index < -0.39 is 0 Å². The van der Waals surface area contributed by atoms with Gasteiger partial charge >= 0.3 is 0 Å². The number of thiophene rings is 1. The van der Waals surface area contributed by atoms with Crippen molar-refractivity contribution in [3.63, 3.8) is 0 Å². The molecule has 0 aromatic carbocycles. The van der Waals surface area contributed by atoms with Crippen LogP contribution in [-0.4, -0.2) is 25.1 Å². The molecule has 2 N–H and O–H groups in total. The largest absolute Gasteiger partial charge is 0.334 e. The lowest BCUT2D eigenvalue weighted by molar-refractivity contribution is 0.418. The van der Waals surface area contributed by atoms with Crippen LogP contribution in [0.1, 0.15) is 30.9 Å². The summed E-state index contributed by atoms with van der Waals surface area (Å²) in [4.78, 5) is 4.33. The van der Waals surface area contributed by atoms with Crippen molar-refractivity contribution in [2.45, 2.75) is 25.9 Å². The van der Waals surface area contributed by atoms with E-state index in [9.17, 15) is 0 Å². The molecule has 0 saturated carbocycles. The van der Waals surface area contributed by atoms with Gasteiger partial charge in [-0.1, -0.05) is 17.3 Å². The zero-order valence-electron chi connectivity index (χ0n) is 10.9. The number of rotatable bonds is 5. The number of nitrogens with two attached hydrogens (primary N) is 1. The Bertz CT molecular complexity index is 674. The number of aromatic nitrogens is 5. The van der Waals surface area contributed by atoms with Crippen molar-refractivity contribution in [3.05, 3.63) is 34.5 Å². The smallest absolute Gasteiger partial charge is 0.258 e. The Morgan fingerprint density at radius 3 is 3.15 bits per heavy atom. The summed E-state index contributed by atoms with van der Waals surface area (Å²) in [5.74, 6) is 1.08. The molecular formula is C12H14N6OS. The predicted octanol–water partition coefficient (Wildman–Crippen LogP) is 1.85. The van der Waals surface area contributed by atoms with Crippen LogP contribution >= 0.6 is 11.3 Å². The Labute approximate surface area is 119 Å². The van der Waals surface area contributed by atoms with Crippen LogP contribution in [0.25, 0.3) is 11.5 Å². The molecule has 3 rings (SSSR count). The second-order valence-corrected chi connectivity index (χ2v) is 5.16. The van der Waals surface area contributed by atoms with Crippen LogP contribution in [0.3, 0.4) is 0 Å². The minimum atomic E-state index is -0.0876. The first-order valence-electron chi connectivity index (χ1n) is 6.27. The van der Waals surface area contributed by atoms with Crippen molar-refractivity contribution in [1.29, 1.82) is 0 Å². The Morgan fingerprint density at radius 2 is 2.40 bits per heavy atom. The molecule has 0 amide bonds. The summed E-state index contributed by atoms with van der Waals surface area (Å²) in [6.07, 6.45) is 2.64. The van der Waals surface area contributed by atoms with E-state index in [0.29, 0.717) is 18.3 Å². The van der Waals surface area contributed by atoms with Gasteiger partial charge in [0.1, 0.15) is 6.54 Å². The van der Waals surface area contributed by atoms with Crippen LogP contribution in [0.5, 0.6) is 0 Å². The first-order valence-corrected chi connectivity index (χ1v) is 7.21. The fourth-order valence-electron chi connectivity index (χ4n) is 1.74. The topological polar surface area (TPSA) is 95.7 Å². The van der Waals surface area contributed by atoms with Gasteiger partial charge in [0.05, 0.1) is 23.5 Å². The molecule has 0 aliphatic rings. The van der Waals surface area contributed by atoms with E-state index in [2.05, 4.69) is 20.5 Å². The van der Waals surface area contributed by atoms with Gasteiger partial charge in [-0.3, -0.25) is 0 Å². The molecule has 7 nitrogen and oxygen atoms in total. The van der Waals surface area contributed by atoms with E-state index >= 15 is 0 Å². The molecule has 8 heteroatoms. The molecule has 104 valence electrons. The summed E-state index contributed by atoms with van der Waals surface area (Å²) >= 11 is 1.59. The molecular weight excluding hydrogens is 276 g/mol. The molecule has 1 atom stereocenters. The standard InChI is InChI=1S/C12H14N6OS/c1-2-9(13)10-5-18(17-15-10)6-11-14-12(19-16-11)8-3-4-20-7-8/h3-5,7,9H,2,6,13H2,1H3. The second-order valence-electron chi connectivity index (χ2n) is 4.38. The summed E-state index contributed by atoms with van der Waals surface area (Å²) in [6.45, 7) is 2.42. The molecule has 0 aliphatic carbocycles. The number of hydrogen-bond acceptors (Lipinski definition) is 7. The van der Waals surface area contributed by atoms with Crippen LogP contribution in [0, 0.1) is 0 Å². The van der Waals surface area contributed by atoms with Crippen LogP contribution in [-0.2, 0) is 6.54 Å². The third-order valence-electron chi connectivity index (χ3n) is 2.92. The first kappa shape index (κ1) is 12.9. The Morgan fingerprint density at radius 1 is 1.50 bits per heavy atom. The summed E-state index contributed by atoms with van der Waals surface area (Å²) in [5, 5.41) is 15.9. The molecule has 3 heterocycles. The third kappa shape index (κ3) is 2.61. The zero-order chi connectivity index (χ0) is 13.9. The molecule has 0 fully saturated rings.